The molecule has 0 bridgehead atoms. The second-order valence-corrected chi connectivity index (χ2v) is 5.79. The van der Waals surface area contributed by atoms with E-state index in [1.807, 2.05) is 0 Å². The molecular formula is C13H27N. The van der Waals surface area contributed by atoms with Crippen LogP contribution in [0.4, 0.5) is 0 Å². The van der Waals surface area contributed by atoms with Crippen LogP contribution in [0.1, 0.15) is 65.7 Å². The molecule has 1 heteroatoms. The van der Waals surface area contributed by atoms with Crippen LogP contribution in [0.15, 0.2) is 0 Å². The molecule has 1 rings (SSSR count). The molecule has 0 aromatic rings. The zero-order valence-corrected chi connectivity index (χ0v) is 10.2. The Morgan fingerprint density at radius 3 is 2.21 bits per heavy atom. The summed E-state index contributed by atoms with van der Waals surface area (Å²) < 4.78 is 0. The molecule has 2 N–H and O–H groups in total. The van der Waals surface area contributed by atoms with E-state index < -0.39 is 0 Å². The van der Waals surface area contributed by atoms with E-state index in [1.165, 1.54) is 44.9 Å². The molecular weight excluding hydrogens is 170 g/mol. The van der Waals surface area contributed by atoms with Crippen molar-refractivity contribution in [3.63, 3.8) is 0 Å². The van der Waals surface area contributed by atoms with Crippen molar-refractivity contribution >= 4 is 0 Å². The third-order valence-corrected chi connectivity index (χ3v) is 3.94. The first-order valence-electron chi connectivity index (χ1n) is 6.30. The van der Waals surface area contributed by atoms with Gasteiger partial charge in [0, 0.05) is 6.04 Å². The minimum absolute atomic E-state index is 0.448. The number of nitrogens with two attached hydrogens (primary N) is 1. The van der Waals surface area contributed by atoms with Crippen LogP contribution in [0.25, 0.3) is 0 Å². The molecule has 14 heavy (non-hydrogen) atoms. The molecule has 1 unspecified atom stereocenters. The van der Waals surface area contributed by atoms with Gasteiger partial charge in [0.1, 0.15) is 0 Å². The van der Waals surface area contributed by atoms with Crippen molar-refractivity contribution in [2.75, 3.05) is 0 Å². The van der Waals surface area contributed by atoms with Crippen molar-refractivity contribution in [3.8, 4) is 0 Å². The Kier molecular flexibility index (Phi) is 4.43. The van der Waals surface area contributed by atoms with Crippen LogP contribution in [0.5, 0.6) is 0 Å². The van der Waals surface area contributed by atoms with E-state index >= 15 is 0 Å². The molecule has 0 saturated heterocycles. The first-order valence-corrected chi connectivity index (χ1v) is 6.30. The molecule has 0 amide bonds. The van der Waals surface area contributed by atoms with Crippen LogP contribution in [-0.4, -0.2) is 6.04 Å². The first kappa shape index (κ1) is 12.0. The van der Waals surface area contributed by atoms with E-state index in [1.54, 1.807) is 0 Å². The van der Waals surface area contributed by atoms with Gasteiger partial charge in [-0.1, -0.05) is 46.5 Å². The molecule has 0 heterocycles. The van der Waals surface area contributed by atoms with Crippen molar-refractivity contribution in [1.29, 1.82) is 0 Å². The summed E-state index contributed by atoms with van der Waals surface area (Å²) in [6.45, 7) is 6.98. The predicted molar refractivity (Wildman–Crippen MR) is 63.2 cm³/mol. The molecule has 0 aromatic carbocycles. The maximum Gasteiger partial charge on any atom is 0.00929 e. The summed E-state index contributed by atoms with van der Waals surface area (Å²) in [6, 6.07) is 0.448. The minimum Gasteiger partial charge on any atom is -0.327 e. The molecule has 0 spiro atoms. The van der Waals surface area contributed by atoms with Crippen molar-refractivity contribution in [3.05, 3.63) is 0 Å². The number of rotatable bonds is 5. The minimum atomic E-state index is 0.448. The SMILES string of the molecule is CC(C)CCCC(N)C1(C)CCCC1. The second kappa shape index (κ2) is 5.16. The van der Waals surface area contributed by atoms with Gasteiger partial charge in [-0.3, -0.25) is 0 Å². The number of hydrogen-bond donors (Lipinski definition) is 1. The van der Waals surface area contributed by atoms with Crippen LogP contribution < -0.4 is 5.73 Å². The van der Waals surface area contributed by atoms with Gasteiger partial charge in [0.2, 0.25) is 0 Å². The van der Waals surface area contributed by atoms with E-state index in [4.69, 9.17) is 5.73 Å². The lowest BCUT2D eigenvalue weighted by Crippen LogP contribution is -2.37. The summed E-state index contributed by atoms with van der Waals surface area (Å²) in [4.78, 5) is 0. The smallest absolute Gasteiger partial charge is 0.00929 e. The predicted octanol–water partition coefficient (Wildman–Crippen LogP) is 3.72. The first-order chi connectivity index (χ1) is 6.54. The molecule has 1 aliphatic rings. The Morgan fingerprint density at radius 2 is 1.71 bits per heavy atom. The van der Waals surface area contributed by atoms with Crippen LogP contribution in [0.3, 0.4) is 0 Å². The van der Waals surface area contributed by atoms with Crippen molar-refractivity contribution in [1.82, 2.24) is 0 Å². The summed E-state index contributed by atoms with van der Waals surface area (Å²) >= 11 is 0. The van der Waals surface area contributed by atoms with E-state index in [0.717, 1.165) is 5.92 Å². The highest BCUT2D eigenvalue weighted by atomic mass is 14.7. The van der Waals surface area contributed by atoms with Gasteiger partial charge in [0.25, 0.3) is 0 Å². The Labute approximate surface area is 89.5 Å². The van der Waals surface area contributed by atoms with Gasteiger partial charge in [-0.2, -0.15) is 0 Å². The lowest BCUT2D eigenvalue weighted by Gasteiger charge is -2.31. The van der Waals surface area contributed by atoms with E-state index in [0.29, 0.717) is 11.5 Å². The fourth-order valence-corrected chi connectivity index (χ4v) is 2.65. The Balaban J connectivity index is 2.23. The van der Waals surface area contributed by atoms with Gasteiger partial charge in [-0.15, -0.1) is 0 Å². The van der Waals surface area contributed by atoms with Crippen molar-refractivity contribution < 1.29 is 0 Å². The zero-order valence-electron chi connectivity index (χ0n) is 10.2. The van der Waals surface area contributed by atoms with Gasteiger partial charge in [-0.05, 0) is 30.6 Å². The third kappa shape index (κ3) is 3.27. The highest BCUT2D eigenvalue weighted by molar-refractivity contribution is 4.89. The highest BCUT2D eigenvalue weighted by Crippen LogP contribution is 2.41. The molecule has 0 aliphatic heterocycles. The fraction of sp³-hybridized carbons (Fsp3) is 1.00. The summed E-state index contributed by atoms with van der Waals surface area (Å²) in [7, 11) is 0. The maximum atomic E-state index is 6.30. The lowest BCUT2D eigenvalue weighted by atomic mass is 9.78. The lowest BCUT2D eigenvalue weighted by molar-refractivity contribution is 0.244. The third-order valence-electron chi connectivity index (χ3n) is 3.94. The average molecular weight is 197 g/mol. The number of hydrogen-bond acceptors (Lipinski definition) is 1. The molecule has 84 valence electrons. The Hall–Kier alpha value is -0.0400. The van der Waals surface area contributed by atoms with Crippen LogP contribution in [0.2, 0.25) is 0 Å². The largest absolute Gasteiger partial charge is 0.327 e. The summed E-state index contributed by atoms with van der Waals surface area (Å²) in [5.74, 6) is 0.832. The van der Waals surface area contributed by atoms with Gasteiger partial charge < -0.3 is 5.73 Å². The zero-order chi connectivity index (χ0) is 10.6. The molecule has 1 fully saturated rings. The van der Waals surface area contributed by atoms with Crippen molar-refractivity contribution in [2.24, 2.45) is 17.1 Å². The molecule has 0 radical (unpaired) electrons. The van der Waals surface area contributed by atoms with Gasteiger partial charge >= 0.3 is 0 Å². The monoisotopic (exact) mass is 197 g/mol. The van der Waals surface area contributed by atoms with Gasteiger partial charge in [0.05, 0.1) is 0 Å². The van der Waals surface area contributed by atoms with E-state index in [-0.39, 0.29) is 0 Å². The van der Waals surface area contributed by atoms with Crippen molar-refractivity contribution in [2.45, 2.75) is 71.8 Å². The molecule has 0 aromatic heterocycles. The standard InChI is InChI=1S/C13H27N/c1-11(2)7-6-8-12(14)13(3)9-4-5-10-13/h11-12H,4-10,14H2,1-3H3. The highest BCUT2D eigenvalue weighted by Gasteiger charge is 2.34. The van der Waals surface area contributed by atoms with Gasteiger partial charge in [0.15, 0.2) is 0 Å². The quantitative estimate of drug-likeness (QED) is 0.714. The Morgan fingerprint density at radius 1 is 1.14 bits per heavy atom. The molecule has 1 aliphatic carbocycles. The molecule has 1 nitrogen and oxygen atoms in total. The maximum absolute atomic E-state index is 6.30. The van der Waals surface area contributed by atoms with Crippen LogP contribution in [-0.2, 0) is 0 Å². The van der Waals surface area contributed by atoms with E-state index in [9.17, 15) is 0 Å². The second-order valence-electron chi connectivity index (χ2n) is 5.79. The van der Waals surface area contributed by atoms with E-state index in [2.05, 4.69) is 20.8 Å². The average Bonchev–Trinajstić information content (AvgIpc) is 2.52. The van der Waals surface area contributed by atoms with Crippen LogP contribution >= 0.6 is 0 Å². The van der Waals surface area contributed by atoms with Crippen LogP contribution in [0, 0.1) is 11.3 Å². The fourth-order valence-electron chi connectivity index (χ4n) is 2.65. The topological polar surface area (TPSA) is 26.0 Å². The normalized spacial score (nSPS) is 22.9. The summed E-state index contributed by atoms with van der Waals surface area (Å²) in [6.07, 6.45) is 9.39. The molecule has 1 atom stereocenters. The Bertz CT molecular complexity index is 157. The summed E-state index contributed by atoms with van der Waals surface area (Å²) in [5.41, 5.74) is 6.77. The summed E-state index contributed by atoms with van der Waals surface area (Å²) in [5, 5.41) is 0. The van der Waals surface area contributed by atoms with Gasteiger partial charge in [-0.25, -0.2) is 0 Å². The molecule has 1 saturated carbocycles.